The Hall–Kier alpha value is -1.81. The van der Waals surface area contributed by atoms with Crippen LogP contribution in [0.2, 0.25) is 0 Å². The minimum atomic E-state index is 0.178. The zero-order valence-electron chi connectivity index (χ0n) is 10.0. The van der Waals surface area contributed by atoms with E-state index in [1.165, 1.54) is 0 Å². The maximum Gasteiger partial charge on any atom is 0.208 e. The highest BCUT2D eigenvalue weighted by molar-refractivity contribution is 5.58. The van der Waals surface area contributed by atoms with Gasteiger partial charge in [0.15, 0.2) is 0 Å². The van der Waals surface area contributed by atoms with Crippen molar-refractivity contribution in [3.05, 3.63) is 36.4 Å². The molecule has 0 spiro atoms. The number of oxazole rings is 1. The molecule has 0 aliphatic heterocycles. The lowest BCUT2D eigenvalue weighted by Crippen LogP contribution is -2.05. The van der Waals surface area contributed by atoms with E-state index in [1.54, 1.807) is 6.26 Å². The van der Waals surface area contributed by atoms with E-state index in [9.17, 15) is 0 Å². The zero-order valence-corrected chi connectivity index (χ0v) is 10.0. The molecule has 0 saturated carbocycles. The highest BCUT2D eigenvalue weighted by Crippen LogP contribution is 2.22. The number of hydrogen-bond acceptors (Lipinski definition) is 4. The van der Waals surface area contributed by atoms with Crippen molar-refractivity contribution in [1.82, 2.24) is 4.98 Å². The van der Waals surface area contributed by atoms with Crippen molar-refractivity contribution in [1.29, 1.82) is 0 Å². The molecule has 4 nitrogen and oxygen atoms in total. The smallest absolute Gasteiger partial charge is 0.208 e. The molecule has 1 heterocycles. The summed E-state index contributed by atoms with van der Waals surface area (Å²) in [6, 6.07) is 7.75. The Labute approximate surface area is 100 Å². The number of aromatic nitrogens is 1. The largest absolute Gasteiger partial charge is 0.491 e. The van der Waals surface area contributed by atoms with Crippen LogP contribution in [0.25, 0.3) is 11.3 Å². The first-order valence-corrected chi connectivity index (χ1v) is 5.60. The fourth-order valence-electron chi connectivity index (χ4n) is 1.51. The van der Waals surface area contributed by atoms with Crippen LogP contribution < -0.4 is 10.5 Å². The van der Waals surface area contributed by atoms with Crippen LogP contribution in [-0.2, 0) is 6.54 Å². The van der Waals surface area contributed by atoms with E-state index in [4.69, 9.17) is 14.9 Å². The Bertz CT molecular complexity index is 474. The highest BCUT2D eigenvalue weighted by Gasteiger charge is 2.05. The quantitative estimate of drug-likeness (QED) is 0.880. The molecule has 0 amide bonds. The molecule has 90 valence electrons. The number of nitrogens with two attached hydrogens (primary N) is 1. The van der Waals surface area contributed by atoms with Crippen molar-refractivity contribution in [2.24, 2.45) is 5.73 Å². The van der Waals surface area contributed by atoms with Crippen LogP contribution in [0.3, 0.4) is 0 Å². The average Bonchev–Trinajstić information content (AvgIpc) is 2.78. The Morgan fingerprint density at radius 3 is 2.53 bits per heavy atom. The lowest BCUT2D eigenvalue weighted by Gasteiger charge is -2.09. The number of nitrogens with zero attached hydrogens (tertiary/aromatic N) is 1. The summed E-state index contributed by atoms with van der Waals surface area (Å²) in [5.74, 6) is 1.40. The summed E-state index contributed by atoms with van der Waals surface area (Å²) in [7, 11) is 0. The Balaban J connectivity index is 2.17. The molecule has 0 radical (unpaired) electrons. The first-order chi connectivity index (χ1) is 8.19. The second-order valence-corrected chi connectivity index (χ2v) is 4.02. The molecular weight excluding hydrogens is 216 g/mol. The van der Waals surface area contributed by atoms with Gasteiger partial charge in [-0.25, -0.2) is 4.98 Å². The van der Waals surface area contributed by atoms with Gasteiger partial charge in [-0.2, -0.15) is 0 Å². The topological polar surface area (TPSA) is 61.3 Å². The summed E-state index contributed by atoms with van der Waals surface area (Å²) in [6.07, 6.45) is 1.79. The molecule has 17 heavy (non-hydrogen) atoms. The number of hydrogen-bond donors (Lipinski definition) is 1. The van der Waals surface area contributed by atoms with Crippen LogP contribution in [-0.4, -0.2) is 11.1 Å². The maximum absolute atomic E-state index is 5.57. The molecular formula is C13H16N2O2. The summed E-state index contributed by atoms with van der Waals surface area (Å²) < 4.78 is 10.8. The zero-order chi connectivity index (χ0) is 12.3. The van der Waals surface area contributed by atoms with Crippen LogP contribution in [0, 0.1) is 0 Å². The van der Waals surface area contributed by atoms with Gasteiger partial charge < -0.3 is 14.9 Å². The van der Waals surface area contributed by atoms with E-state index in [0.29, 0.717) is 12.4 Å². The van der Waals surface area contributed by atoms with Gasteiger partial charge in [0.1, 0.15) is 17.7 Å². The minimum absolute atomic E-state index is 0.178. The third-order valence-electron chi connectivity index (χ3n) is 2.25. The van der Waals surface area contributed by atoms with Gasteiger partial charge in [-0.05, 0) is 38.1 Å². The molecule has 2 N–H and O–H groups in total. The summed E-state index contributed by atoms with van der Waals surface area (Å²) in [5.41, 5.74) is 7.23. The van der Waals surface area contributed by atoms with E-state index in [-0.39, 0.29) is 6.10 Å². The monoisotopic (exact) mass is 232 g/mol. The Morgan fingerprint density at radius 2 is 2.00 bits per heavy atom. The van der Waals surface area contributed by atoms with E-state index in [1.807, 2.05) is 38.1 Å². The lowest BCUT2D eigenvalue weighted by atomic mass is 10.2. The van der Waals surface area contributed by atoms with E-state index < -0.39 is 0 Å². The third kappa shape index (κ3) is 2.85. The van der Waals surface area contributed by atoms with E-state index in [0.717, 1.165) is 17.0 Å². The minimum Gasteiger partial charge on any atom is -0.491 e. The summed E-state index contributed by atoms with van der Waals surface area (Å²) in [4.78, 5) is 4.26. The standard InChI is InChI=1S/C13H16N2O2/c1-9(2)17-11-5-3-10(4-6-11)12-8-16-13(7-14)15-12/h3-6,8-9H,7,14H2,1-2H3. The maximum atomic E-state index is 5.57. The summed E-state index contributed by atoms with van der Waals surface area (Å²) in [6.45, 7) is 4.31. The van der Waals surface area contributed by atoms with Crippen molar-refractivity contribution in [3.8, 4) is 17.0 Å². The van der Waals surface area contributed by atoms with Gasteiger partial charge in [0.05, 0.1) is 12.6 Å². The van der Waals surface area contributed by atoms with Gasteiger partial charge in [0.25, 0.3) is 0 Å². The molecule has 0 aliphatic rings. The predicted molar refractivity (Wildman–Crippen MR) is 65.6 cm³/mol. The Morgan fingerprint density at radius 1 is 1.29 bits per heavy atom. The normalized spacial score (nSPS) is 10.8. The van der Waals surface area contributed by atoms with Crippen LogP contribution in [0.4, 0.5) is 0 Å². The molecule has 0 aliphatic carbocycles. The molecule has 1 aromatic carbocycles. The molecule has 0 fully saturated rings. The van der Waals surface area contributed by atoms with Gasteiger partial charge >= 0.3 is 0 Å². The predicted octanol–water partition coefficient (Wildman–Crippen LogP) is 2.59. The van der Waals surface area contributed by atoms with Crippen molar-refractivity contribution in [3.63, 3.8) is 0 Å². The second kappa shape index (κ2) is 5.01. The first kappa shape index (κ1) is 11.7. The van der Waals surface area contributed by atoms with Crippen LogP contribution >= 0.6 is 0 Å². The third-order valence-corrected chi connectivity index (χ3v) is 2.25. The Kier molecular flexibility index (Phi) is 3.44. The fraction of sp³-hybridized carbons (Fsp3) is 0.308. The molecule has 2 aromatic rings. The van der Waals surface area contributed by atoms with Gasteiger partial charge in [0, 0.05) is 5.56 Å². The van der Waals surface area contributed by atoms with Gasteiger partial charge in [-0.1, -0.05) is 0 Å². The average molecular weight is 232 g/mol. The van der Waals surface area contributed by atoms with Crippen molar-refractivity contribution >= 4 is 0 Å². The number of rotatable bonds is 4. The molecule has 1 aromatic heterocycles. The highest BCUT2D eigenvalue weighted by atomic mass is 16.5. The summed E-state index contributed by atoms with van der Waals surface area (Å²) in [5, 5.41) is 0. The van der Waals surface area contributed by atoms with Gasteiger partial charge in [-0.15, -0.1) is 0 Å². The molecule has 4 heteroatoms. The fourth-order valence-corrected chi connectivity index (χ4v) is 1.51. The molecule has 0 unspecified atom stereocenters. The van der Waals surface area contributed by atoms with Crippen molar-refractivity contribution < 1.29 is 9.15 Å². The summed E-state index contributed by atoms with van der Waals surface area (Å²) >= 11 is 0. The van der Waals surface area contributed by atoms with Crippen LogP contribution in [0.15, 0.2) is 34.9 Å². The lowest BCUT2D eigenvalue weighted by molar-refractivity contribution is 0.242. The first-order valence-electron chi connectivity index (χ1n) is 5.60. The SMILES string of the molecule is CC(C)Oc1ccc(-c2coc(CN)n2)cc1. The molecule has 0 bridgehead atoms. The van der Waals surface area contributed by atoms with Crippen molar-refractivity contribution in [2.75, 3.05) is 0 Å². The van der Waals surface area contributed by atoms with E-state index >= 15 is 0 Å². The van der Waals surface area contributed by atoms with Crippen LogP contribution in [0.1, 0.15) is 19.7 Å². The van der Waals surface area contributed by atoms with Gasteiger partial charge in [0.2, 0.25) is 5.89 Å². The van der Waals surface area contributed by atoms with Crippen molar-refractivity contribution in [2.45, 2.75) is 26.5 Å². The van der Waals surface area contributed by atoms with Gasteiger partial charge in [-0.3, -0.25) is 0 Å². The number of ether oxygens (including phenoxy) is 1. The van der Waals surface area contributed by atoms with Crippen LogP contribution in [0.5, 0.6) is 5.75 Å². The molecule has 0 saturated heterocycles. The van der Waals surface area contributed by atoms with E-state index in [2.05, 4.69) is 4.98 Å². The molecule has 2 rings (SSSR count). The second-order valence-electron chi connectivity index (χ2n) is 4.02. The number of benzene rings is 1. The molecule has 0 atom stereocenters.